The predicted molar refractivity (Wildman–Crippen MR) is 160 cm³/mol. The SMILES string of the molecule is CCCCc1ncc(C(=O)NC2CCCC2)n1Cc1ccc(-c2cc(-c3ccccc3)ccc2-c2nn[nH]n2)cc1. The molecule has 0 unspecified atom stereocenters. The molecule has 1 aliphatic carbocycles. The van der Waals surface area contributed by atoms with Crippen molar-refractivity contribution in [3.8, 4) is 33.6 Å². The first-order chi connectivity index (χ1) is 20.2. The molecule has 1 saturated carbocycles. The van der Waals surface area contributed by atoms with Gasteiger partial charge in [-0.25, -0.2) is 4.98 Å². The minimum absolute atomic E-state index is 0.0220. The van der Waals surface area contributed by atoms with Crippen molar-refractivity contribution in [2.45, 2.75) is 64.5 Å². The number of benzene rings is 3. The quantitative estimate of drug-likeness (QED) is 0.210. The molecule has 1 amide bonds. The van der Waals surface area contributed by atoms with E-state index in [9.17, 15) is 4.79 Å². The van der Waals surface area contributed by atoms with Crippen molar-refractivity contribution in [1.29, 1.82) is 0 Å². The predicted octanol–water partition coefficient (Wildman–Crippen LogP) is 6.46. The maximum Gasteiger partial charge on any atom is 0.269 e. The summed E-state index contributed by atoms with van der Waals surface area (Å²) < 4.78 is 2.09. The van der Waals surface area contributed by atoms with Gasteiger partial charge in [0.05, 0.1) is 6.20 Å². The molecule has 0 saturated heterocycles. The van der Waals surface area contributed by atoms with Crippen LogP contribution in [-0.2, 0) is 13.0 Å². The highest BCUT2D eigenvalue weighted by atomic mass is 16.2. The number of tetrazole rings is 1. The Balaban J connectivity index is 1.30. The highest BCUT2D eigenvalue weighted by Gasteiger charge is 2.22. The summed E-state index contributed by atoms with van der Waals surface area (Å²) >= 11 is 0. The van der Waals surface area contributed by atoms with E-state index in [2.05, 4.69) is 97.0 Å². The highest BCUT2D eigenvalue weighted by Crippen LogP contribution is 2.34. The van der Waals surface area contributed by atoms with Crippen molar-refractivity contribution in [1.82, 2.24) is 35.5 Å². The van der Waals surface area contributed by atoms with Gasteiger partial charge in [-0.2, -0.15) is 5.21 Å². The van der Waals surface area contributed by atoms with Crippen LogP contribution in [0.5, 0.6) is 0 Å². The molecule has 2 N–H and O–H groups in total. The van der Waals surface area contributed by atoms with Gasteiger partial charge in [-0.3, -0.25) is 4.79 Å². The Morgan fingerprint density at radius 3 is 2.46 bits per heavy atom. The van der Waals surface area contributed by atoms with Crippen molar-refractivity contribution in [3.63, 3.8) is 0 Å². The maximum atomic E-state index is 13.2. The number of nitrogens with one attached hydrogen (secondary N) is 2. The van der Waals surface area contributed by atoms with Crippen LogP contribution in [0.2, 0.25) is 0 Å². The Hall–Kier alpha value is -4.59. The number of aromatic nitrogens is 6. The molecule has 1 fully saturated rings. The molecule has 3 aromatic carbocycles. The van der Waals surface area contributed by atoms with E-state index in [1.807, 2.05) is 18.2 Å². The number of rotatable bonds is 10. The van der Waals surface area contributed by atoms with Gasteiger partial charge in [0.25, 0.3) is 5.91 Å². The van der Waals surface area contributed by atoms with Gasteiger partial charge < -0.3 is 9.88 Å². The molecule has 2 aromatic heterocycles. The summed E-state index contributed by atoms with van der Waals surface area (Å²) in [6.45, 7) is 2.77. The molecule has 0 radical (unpaired) electrons. The average Bonchev–Trinajstić information content (AvgIpc) is 3.80. The van der Waals surface area contributed by atoms with E-state index in [0.717, 1.165) is 71.3 Å². The van der Waals surface area contributed by atoms with E-state index in [0.29, 0.717) is 18.1 Å². The van der Waals surface area contributed by atoms with Crippen molar-refractivity contribution in [2.75, 3.05) is 0 Å². The Kier molecular flexibility index (Phi) is 7.98. The van der Waals surface area contributed by atoms with Crippen LogP contribution < -0.4 is 5.32 Å². The molecule has 0 aliphatic heterocycles. The Morgan fingerprint density at radius 2 is 1.73 bits per heavy atom. The smallest absolute Gasteiger partial charge is 0.269 e. The molecule has 2 heterocycles. The van der Waals surface area contributed by atoms with Gasteiger partial charge in [0.1, 0.15) is 11.5 Å². The molecule has 0 spiro atoms. The molecule has 0 bridgehead atoms. The minimum Gasteiger partial charge on any atom is -0.348 e. The summed E-state index contributed by atoms with van der Waals surface area (Å²) in [5, 5.41) is 18.1. The van der Waals surface area contributed by atoms with Crippen LogP contribution in [0.15, 0.2) is 79.0 Å². The first-order valence-electron chi connectivity index (χ1n) is 14.6. The molecule has 8 heteroatoms. The number of aryl methyl sites for hydroxylation is 1. The van der Waals surface area contributed by atoms with Crippen LogP contribution in [0, 0.1) is 0 Å². The number of hydrogen-bond donors (Lipinski definition) is 2. The zero-order valence-electron chi connectivity index (χ0n) is 23.4. The number of amides is 1. The zero-order chi connectivity index (χ0) is 28.0. The van der Waals surface area contributed by atoms with Gasteiger partial charge in [0, 0.05) is 24.6 Å². The second-order valence-corrected chi connectivity index (χ2v) is 10.8. The van der Waals surface area contributed by atoms with Gasteiger partial charge in [-0.1, -0.05) is 86.8 Å². The lowest BCUT2D eigenvalue weighted by Crippen LogP contribution is -2.34. The summed E-state index contributed by atoms with van der Waals surface area (Å²) in [7, 11) is 0. The third-order valence-electron chi connectivity index (χ3n) is 7.93. The van der Waals surface area contributed by atoms with Crippen LogP contribution in [0.1, 0.15) is 67.3 Å². The van der Waals surface area contributed by atoms with Crippen molar-refractivity contribution >= 4 is 5.91 Å². The van der Waals surface area contributed by atoms with Crippen LogP contribution in [0.3, 0.4) is 0 Å². The maximum absolute atomic E-state index is 13.2. The van der Waals surface area contributed by atoms with Crippen LogP contribution in [0.4, 0.5) is 0 Å². The van der Waals surface area contributed by atoms with Gasteiger partial charge >= 0.3 is 0 Å². The van der Waals surface area contributed by atoms with Crippen molar-refractivity contribution in [3.05, 3.63) is 96.1 Å². The molecule has 6 rings (SSSR count). The second kappa shape index (κ2) is 12.3. The third-order valence-corrected chi connectivity index (χ3v) is 7.93. The fourth-order valence-corrected chi connectivity index (χ4v) is 5.67. The molecule has 8 nitrogen and oxygen atoms in total. The number of carbonyl (C=O) groups is 1. The number of unbranched alkanes of at least 4 members (excludes halogenated alkanes) is 1. The summed E-state index contributed by atoms with van der Waals surface area (Å²) in [6.07, 6.45) is 9.19. The summed E-state index contributed by atoms with van der Waals surface area (Å²) in [5.41, 5.74) is 7.02. The Morgan fingerprint density at radius 1 is 0.951 bits per heavy atom. The fraction of sp³-hybridized carbons (Fsp3) is 0.303. The fourth-order valence-electron chi connectivity index (χ4n) is 5.67. The van der Waals surface area contributed by atoms with E-state index in [1.165, 1.54) is 12.8 Å². The van der Waals surface area contributed by atoms with E-state index >= 15 is 0 Å². The summed E-state index contributed by atoms with van der Waals surface area (Å²) in [4.78, 5) is 17.9. The number of carbonyl (C=O) groups excluding carboxylic acids is 1. The molecular formula is C33H35N7O. The van der Waals surface area contributed by atoms with Gasteiger partial charge in [-0.15, -0.1) is 10.2 Å². The molecule has 5 aromatic rings. The normalized spacial score (nSPS) is 13.5. The number of H-pyrrole nitrogens is 1. The van der Waals surface area contributed by atoms with Gasteiger partial charge in [0.15, 0.2) is 0 Å². The topological polar surface area (TPSA) is 101 Å². The number of nitrogens with zero attached hydrogens (tertiary/aromatic N) is 5. The number of aromatic amines is 1. The lowest BCUT2D eigenvalue weighted by molar-refractivity contribution is 0.0928. The van der Waals surface area contributed by atoms with E-state index < -0.39 is 0 Å². The second-order valence-electron chi connectivity index (χ2n) is 10.8. The first kappa shape index (κ1) is 26.6. The van der Waals surface area contributed by atoms with E-state index in [1.54, 1.807) is 6.20 Å². The van der Waals surface area contributed by atoms with Crippen LogP contribution in [-0.4, -0.2) is 42.1 Å². The number of imidazole rings is 1. The highest BCUT2D eigenvalue weighted by molar-refractivity contribution is 5.92. The van der Waals surface area contributed by atoms with Crippen molar-refractivity contribution < 1.29 is 4.79 Å². The third kappa shape index (κ3) is 5.96. The van der Waals surface area contributed by atoms with Crippen molar-refractivity contribution in [2.24, 2.45) is 0 Å². The standard InChI is InChI=1S/C33H35N7O/c1-2-3-13-31-34-21-30(33(41)35-27-11-7-8-12-27)40(31)22-23-14-16-25(17-15-23)29-20-26(24-9-5-4-6-10-24)18-19-28(29)32-36-38-39-37-32/h4-6,9-10,14-21,27H,2-3,7-8,11-13,22H2,1H3,(H,35,41)(H,36,37,38,39). The molecular weight excluding hydrogens is 510 g/mol. The molecule has 41 heavy (non-hydrogen) atoms. The Bertz CT molecular complexity index is 1580. The Labute approximate surface area is 240 Å². The first-order valence-corrected chi connectivity index (χ1v) is 14.6. The monoisotopic (exact) mass is 545 g/mol. The average molecular weight is 546 g/mol. The largest absolute Gasteiger partial charge is 0.348 e. The lowest BCUT2D eigenvalue weighted by Gasteiger charge is -2.16. The summed E-state index contributed by atoms with van der Waals surface area (Å²) in [6, 6.07) is 25.4. The molecule has 0 atom stereocenters. The molecule has 208 valence electrons. The van der Waals surface area contributed by atoms with E-state index in [-0.39, 0.29) is 11.9 Å². The zero-order valence-corrected chi connectivity index (χ0v) is 23.4. The lowest BCUT2D eigenvalue weighted by atomic mass is 9.93. The van der Waals surface area contributed by atoms with Gasteiger partial charge in [0.2, 0.25) is 5.82 Å². The van der Waals surface area contributed by atoms with Crippen LogP contribution >= 0.6 is 0 Å². The molecule has 1 aliphatic rings. The number of hydrogen-bond acceptors (Lipinski definition) is 5. The minimum atomic E-state index is -0.0220. The van der Waals surface area contributed by atoms with E-state index in [4.69, 9.17) is 0 Å². The summed E-state index contributed by atoms with van der Waals surface area (Å²) in [5.74, 6) is 1.49. The van der Waals surface area contributed by atoms with Gasteiger partial charge in [-0.05, 0) is 64.4 Å². The van der Waals surface area contributed by atoms with Crippen LogP contribution in [0.25, 0.3) is 33.6 Å².